The van der Waals surface area contributed by atoms with Crippen molar-refractivity contribution in [1.82, 2.24) is 10.0 Å². The summed E-state index contributed by atoms with van der Waals surface area (Å²) in [6.45, 7) is 0. The molecular weight excluding hydrogens is 472 g/mol. The first-order valence-electron chi connectivity index (χ1n) is 12.4. The minimum atomic E-state index is -4.36. The van der Waals surface area contributed by atoms with Gasteiger partial charge in [0.1, 0.15) is 5.54 Å². The molecule has 35 heavy (non-hydrogen) atoms. The summed E-state index contributed by atoms with van der Waals surface area (Å²) < 4.78 is 29.4. The van der Waals surface area contributed by atoms with Gasteiger partial charge < -0.3 is 11.1 Å². The average Bonchev–Trinajstić information content (AvgIpc) is 2.78. The van der Waals surface area contributed by atoms with Gasteiger partial charge in [0.2, 0.25) is 21.8 Å². The zero-order chi connectivity index (χ0) is 25.1. The summed E-state index contributed by atoms with van der Waals surface area (Å²) >= 11 is 0. The van der Waals surface area contributed by atoms with E-state index in [2.05, 4.69) is 10.0 Å². The lowest BCUT2D eigenvalue weighted by Gasteiger charge is -2.61. The molecule has 4 bridgehead atoms. The number of nitrogens with one attached hydrogen (secondary N) is 2. The molecule has 0 aliphatic heterocycles. The quantitative estimate of drug-likeness (QED) is 0.382. The maximum absolute atomic E-state index is 13.9. The lowest BCUT2D eigenvalue weighted by atomic mass is 9.46. The predicted molar refractivity (Wildman–Crippen MR) is 126 cm³/mol. The normalized spacial score (nSPS) is 33.3. The van der Waals surface area contributed by atoms with Crippen LogP contribution in [0.2, 0.25) is 0 Å². The van der Waals surface area contributed by atoms with Crippen molar-refractivity contribution in [2.75, 3.05) is 0 Å². The van der Waals surface area contributed by atoms with Crippen LogP contribution in [0.25, 0.3) is 0 Å². The first-order chi connectivity index (χ1) is 16.5. The van der Waals surface area contributed by atoms with Crippen molar-refractivity contribution in [2.24, 2.45) is 23.0 Å². The van der Waals surface area contributed by atoms with Gasteiger partial charge in [0.25, 0.3) is 5.69 Å². The largest absolute Gasteiger partial charge is 0.369 e. The predicted octanol–water partition coefficient (Wildman–Crippen LogP) is 2.52. The topological polar surface area (TPSA) is 162 Å². The standard InChI is InChI=1S/C24H32N4O6S/c25-20(29)22-11-16-10-17(12-22)14-23(13-16,15-22)26-21(30)24(8-4-1-5-9-24)27-35(33,34)19-7-3-2-6-18(19)28(31)32/h2-3,6-7,16-17,27H,1,4-5,8-15H2,(H2,25,29)(H,26,30). The highest BCUT2D eigenvalue weighted by Gasteiger charge is 2.61. The Kier molecular flexibility index (Phi) is 5.71. The number of primary amides is 1. The highest BCUT2D eigenvalue weighted by atomic mass is 32.2. The molecule has 5 aliphatic rings. The summed E-state index contributed by atoms with van der Waals surface area (Å²) in [7, 11) is -4.36. The average molecular weight is 505 g/mol. The van der Waals surface area contributed by atoms with Gasteiger partial charge in [-0.1, -0.05) is 31.4 Å². The van der Waals surface area contributed by atoms with Crippen LogP contribution in [0.15, 0.2) is 29.2 Å². The summed E-state index contributed by atoms with van der Waals surface area (Å²) in [6.07, 6.45) is 7.37. The summed E-state index contributed by atoms with van der Waals surface area (Å²) in [5.41, 5.74) is 2.72. The van der Waals surface area contributed by atoms with Crippen molar-refractivity contribution in [3.05, 3.63) is 34.4 Å². The van der Waals surface area contributed by atoms with Gasteiger partial charge >= 0.3 is 0 Å². The van der Waals surface area contributed by atoms with Crippen molar-refractivity contribution in [3.63, 3.8) is 0 Å². The summed E-state index contributed by atoms with van der Waals surface area (Å²) in [4.78, 5) is 36.6. The number of sulfonamides is 1. The van der Waals surface area contributed by atoms with Crippen LogP contribution in [0.4, 0.5) is 5.69 Å². The second-order valence-electron chi connectivity index (χ2n) is 11.3. The van der Waals surface area contributed by atoms with Gasteiger partial charge in [0.15, 0.2) is 4.90 Å². The molecular formula is C24H32N4O6S. The number of rotatable bonds is 7. The molecule has 5 fully saturated rings. The maximum atomic E-state index is 13.9. The van der Waals surface area contributed by atoms with Gasteiger partial charge in [-0.3, -0.25) is 19.7 Å². The third-order valence-corrected chi connectivity index (χ3v) is 10.4. The number of hydrogen-bond donors (Lipinski definition) is 3. The summed E-state index contributed by atoms with van der Waals surface area (Å²) in [5.74, 6) is -0.0827. The molecule has 5 saturated carbocycles. The molecule has 5 aliphatic carbocycles. The first kappa shape index (κ1) is 24.2. The van der Waals surface area contributed by atoms with Crippen LogP contribution in [-0.2, 0) is 19.6 Å². The molecule has 1 aromatic rings. The minimum absolute atomic E-state index is 0.308. The third kappa shape index (κ3) is 4.12. The molecule has 6 rings (SSSR count). The fraction of sp³-hybridized carbons (Fsp3) is 0.667. The zero-order valence-corrected chi connectivity index (χ0v) is 20.4. The molecule has 11 heteroatoms. The Morgan fingerprint density at radius 1 is 1.03 bits per heavy atom. The number of nitrogens with two attached hydrogens (primary N) is 1. The van der Waals surface area contributed by atoms with E-state index in [1.165, 1.54) is 18.2 Å². The Labute approximate surface area is 204 Å². The number of amides is 2. The van der Waals surface area contributed by atoms with E-state index in [1.54, 1.807) is 0 Å². The molecule has 0 aromatic heterocycles. The van der Waals surface area contributed by atoms with Gasteiger partial charge in [-0.05, 0) is 69.3 Å². The number of nitro benzene ring substituents is 1. The molecule has 2 amide bonds. The van der Waals surface area contributed by atoms with Gasteiger partial charge in [-0.2, -0.15) is 4.72 Å². The minimum Gasteiger partial charge on any atom is -0.369 e. The van der Waals surface area contributed by atoms with E-state index in [1.807, 2.05) is 0 Å². The third-order valence-electron chi connectivity index (χ3n) is 8.79. The summed E-state index contributed by atoms with van der Waals surface area (Å²) in [6, 6.07) is 5.15. The van der Waals surface area contributed by atoms with E-state index in [4.69, 9.17) is 5.73 Å². The molecule has 2 unspecified atom stereocenters. The van der Waals surface area contributed by atoms with Crippen LogP contribution in [0.5, 0.6) is 0 Å². The Morgan fingerprint density at radius 3 is 2.26 bits per heavy atom. The van der Waals surface area contributed by atoms with E-state index in [9.17, 15) is 28.1 Å². The Bertz CT molecular complexity index is 1160. The van der Waals surface area contributed by atoms with Gasteiger partial charge in [-0.15, -0.1) is 0 Å². The highest BCUT2D eigenvalue weighted by Crippen LogP contribution is 2.61. The van der Waals surface area contributed by atoms with E-state index in [-0.39, 0.29) is 5.91 Å². The number of carbonyl (C=O) groups excluding carboxylic acids is 2. The lowest BCUT2D eigenvalue weighted by molar-refractivity contribution is -0.387. The SMILES string of the molecule is NC(=O)C12CC3CC(CC(NC(=O)C4(NS(=O)(=O)c5ccccc5[N+](=O)[O-])CCCCC4)(C3)C1)C2. The molecule has 4 N–H and O–H groups in total. The molecule has 190 valence electrons. The fourth-order valence-corrected chi connectivity index (χ4v) is 9.33. The number of benzene rings is 1. The van der Waals surface area contributed by atoms with Crippen LogP contribution in [0, 0.1) is 27.4 Å². The molecule has 0 radical (unpaired) electrons. The van der Waals surface area contributed by atoms with Crippen molar-refractivity contribution in [1.29, 1.82) is 0 Å². The van der Waals surface area contributed by atoms with E-state index >= 15 is 0 Å². The Morgan fingerprint density at radius 2 is 1.66 bits per heavy atom. The van der Waals surface area contributed by atoms with Gasteiger partial charge in [0, 0.05) is 11.6 Å². The monoisotopic (exact) mass is 504 g/mol. The molecule has 0 spiro atoms. The number of nitrogens with zero attached hydrogens (tertiary/aromatic N) is 1. The second-order valence-corrected chi connectivity index (χ2v) is 13.0. The van der Waals surface area contributed by atoms with Crippen LogP contribution >= 0.6 is 0 Å². The second kappa shape index (κ2) is 8.26. The molecule has 0 saturated heterocycles. The van der Waals surface area contributed by atoms with Crippen molar-refractivity contribution < 1.29 is 22.9 Å². The number of hydrogen-bond acceptors (Lipinski definition) is 6. The van der Waals surface area contributed by atoms with E-state index < -0.39 is 47.9 Å². The van der Waals surface area contributed by atoms with Gasteiger partial charge in [0.05, 0.1) is 10.3 Å². The summed E-state index contributed by atoms with van der Waals surface area (Å²) in [5, 5.41) is 14.7. The zero-order valence-electron chi connectivity index (χ0n) is 19.6. The van der Waals surface area contributed by atoms with Crippen molar-refractivity contribution in [3.8, 4) is 0 Å². The lowest BCUT2D eigenvalue weighted by Crippen LogP contribution is -2.69. The van der Waals surface area contributed by atoms with Crippen molar-refractivity contribution >= 4 is 27.5 Å². The Balaban J connectivity index is 1.45. The van der Waals surface area contributed by atoms with E-state index in [0.717, 1.165) is 44.6 Å². The Hall–Kier alpha value is -2.53. The molecule has 1 aromatic carbocycles. The van der Waals surface area contributed by atoms with Crippen LogP contribution in [0.1, 0.15) is 70.6 Å². The molecule has 10 nitrogen and oxygen atoms in total. The van der Waals surface area contributed by atoms with Crippen LogP contribution in [0.3, 0.4) is 0 Å². The molecule has 0 heterocycles. The number of para-hydroxylation sites is 1. The number of nitro groups is 1. The molecule has 2 atom stereocenters. The van der Waals surface area contributed by atoms with E-state index in [0.29, 0.717) is 43.9 Å². The van der Waals surface area contributed by atoms with Crippen LogP contribution < -0.4 is 15.8 Å². The fourth-order valence-electron chi connectivity index (χ4n) is 7.74. The van der Waals surface area contributed by atoms with Gasteiger partial charge in [-0.25, -0.2) is 8.42 Å². The maximum Gasteiger partial charge on any atom is 0.289 e. The van der Waals surface area contributed by atoms with Crippen molar-refractivity contribution in [2.45, 2.75) is 86.6 Å². The van der Waals surface area contributed by atoms with Crippen LogP contribution in [-0.4, -0.2) is 36.2 Å². The number of carbonyl (C=O) groups is 2. The first-order valence-corrected chi connectivity index (χ1v) is 13.9. The smallest absolute Gasteiger partial charge is 0.289 e. The highest BCUT2D eigenvalue weighted by molar-refractivity contribution is 7.89.